The third kappa shape index (κ3) is 5.17. The maximum absolute atomic E-state index is 6.15. The van der Waals surface area contributed by atoms with Crippen molar-refractivity contribution >= 4 is 15.9 Å². The lowest BCUT2D eigenvalue weighted by atomic mass is 10.1. The SMILES string of the molecule is CC(C)NCC(OCC1CCOC1)c1cccc(Br)c1. The smallest absolute Gasteiger partial charge is 0.0949 e. The molecular weight excluding hydrogens is 318 g/mol. The summed E-state index contributed by atoms with van der Waals surface area (Å²) in [4.78, 5) is 0. The van der Waals surface area contributed by atoms with Gasteiger partial charge in [-0.05, 0) is 24.1 Å². The molecule has 1 heterocycles. The topological polar surface area (TPSA) is 30.5 Å². The molecule has 0 saturated carbocycles. The second-order valence-electron chi connectivity index (χ2n) is 5.67. The highest BCUT2D eigenvalue weighted by Crippen LogP contribution is 2.23. The van der Waals surface area contributed by atoms with E-state index in [0.29, 0.717) is 12.0 Å². The lowest BCUT2D eigenvalue weighted by Crippen LogP contribution is -2.30. The van der Waals surface area contributed by atoms with Gasteiger partial charge in [-0.3, -0.25) is 0 Å². The van der Waals surface area contributed by atoms with Crippen LogP contribution in [-0.4, -0.2) is 32.4 Å². The fraction of sp³-hybridized carbons (Fsp3) is 0.625. The summed E-state index contributed by atoms with van der Waals surface area (Å²) in [5, 5.41) is 3.47. The van der Waals surface area contributed by atoms with Gasteiger partial charge in [-0.1, -0.05) is 41.9 Å². The summed E-state index contributed by atoms with van der Waals surface area (Å²) < 4.78 is 12.7. The third-order valence-electron chi connectivity index (χ3n) is 3.49. The summed E-state index contributed by atoms with van der Waals surface area (Å²) in [5.74, 6) is 0.545. The van der Waals surface area contributed by atoms with Crippen molar-refractivity contribution in [1.29, 1.82) is 0 Å². The maximum Gasteiger partial charge on any atom is 0.0949 e. The Morgan fingerprint density at radius 1 is 1.45 bits per heavy atom. The summed E-state index contributed by atoms with van der Waals surface area (Å²) in [6, 6.07) is 8.83. The molecule has 0 spiro atoms. The van der Waals surface area contributed by atoms with E-state index in [1.165, 1.54) is 5.56 Å². The summed E-state index contributed by atoms with van der Waals surface area (Å²) in [5.41, 5.74) is 1.21. The van der Waals surface area contributed by atoms with E-state index in [2.05, 4.69) is 53.3 Å². The van der Waals surface area contributed by atoms with Crippen LogP contribution >= 0.6 is 15.9 Å². The average molecular weight is 342 g/mol. The molecule has 112 valence electrons. The van der Waals surface area contributed by atoms with Crippen molar-refractivity contribution in [2.45, 2.75) is 32.4 Å². The molecule has 20 heavy (non-hydrogen) atoms. The number of hydrogen-bond donors (Lipinski definition) is 1. The van der Waals surface area contributed by atoms with E-state index >= 15 is 0 Å². The molecule has 3 nitrogen and oxygen atoms in total. The Bertz CT molecular complexity index is 405. The molecule has 0 radical (unpaired) electrons. The van der Waals surface area contributed by atoms with Crippen molar-refractivity contribution in [3.63, 3.8) is 0 Å². The lowest BCUT2D eigenvalue weighted by molar-refractivity contribution is 0.0244. The van der Waals surface area contributed by atoms with Crippen LogP contribution in [0.4, 0.5) is 0 Å². The van der Waals surface area contributed by atoms with Crippen LogP contribution in [0.1, 0.15) is 31.9 Å². The van der Waals surface area contributed by atoms with Gasteiger partial charge < -0.3 is 14.8 Å². The van der Waals surface area contributed by atoms with Gasteiger partial charge in [-0.25, -0.2) is 0 Å². The van der Waals surface area contributed by atoms with Crippen LogP contribution in [-0.2, 0) is 9.47 Å². The number of ether oxygens (including phenoxy) is 2. The minimum absolute atomic E-state index is 0.0931. The highest BCUT2D eigenvalue weighted by Gasteiger charge is 2.19. The number of rotatable bonds is 7. The predicted molar refractivity (Wildman–Crippen MR) is 84.9 cm³/mol. The standard InChI is InChI=1S/C16H24BrNO2/c1-12(2)18-9-16(14-4-3-5-15(17)8-14)20-11-13-6-7-19-10-13/h3-5,8,12-13,16,18H,6-7,9-11H2,1-2H3. The zero-order valence-electron chi connectivity index (χ0n) is 12.3. The van der Waals surface area contributed by atoms with Gasteiger partial charge in [-0.15, -0.1) is 0 Å². The van der Waals surface area contributed by atoms with Gasteiger partial charge in [0.2, 0.25) is 0 Å². The lowest BCUT2D eigenvalue weighted by Gasteiger charge is -2.22. The molecule has 0 aliphatic carbocycles. The van der Waals surface area contributed by atoms with E-state index in [1.54, 1.807) is 0 Å². The summed E-state index contributed by atoms with van der Waals surface area (Å²) in [7, 11) is 0. The summed E-state index contributed by atoms with van der Waals surface area (Å²) >= 11 is 3.53. The molecule has 1 aliphatic rings. The summed E-state index contributed by atoms with van der Waals surface area (Å²) in [6.07, 6.45) is 1.21. The van der Waals surface area contributed by atoms with Crippen molar-refractivity contribution < 1.29 is 9.47 Å². The van der Waals surface area contributed by atoms with Crippen LogP contribution < -0.4 is 5.32 Å². The van der Waals surface area contributed by atoms with Crippen molar-refractivity contribution in [2.24, 2.45) is 5.92 Å². The fourth-order valence-corrected chi connectivity index (χ4v) is 2.71. The van der Waals surface area contributed by atoms with E-state index in [0.717, 1.165) is 37.3 Å². The van der Waals surface area contributed by atoms with E-state index in [9.17, 15) is 0 Å². The van der Waals surface area contributed by atoms with Gasteiger partial charge >= 0.3 is 0 Å². The molecule has 1 N–H and O–H groups in total. The second kappa shape index (κ2) is 8.13. The first-order valence-electron chi connectivity index (χ1n) is 7.33. The molecule has 1 aromatic carbocycles. The highest BCUT2D eigenvalue weighted by molar-refractivity contribution is 9.10. The van der Waals surface area contributed by atoms with Gasteiger partial charge in [0.05, 0.1) is 19.3 Å². The first kappa shape index (κ1) is 16.0. The van der Waals surface area contributed by atoms with E-state index in [-0.39, 0.29) is 6.10 Å². The minimum Gasteiger partial charge on any atom is -0.381 e. The molecule has 1 aliphatic heterocycles. The van der Waals surface area contributed by atoms with Crippen LogP contribution in [0.5, 0.6) is 0 Å². The van der Waals surface area contributed by atoms with Gasteiger partial charge in [0.25, 0.3) is 0 Å². The first-order chi connectivity index (χ1) is 9.65. The molecule has 0 bridgehead atoms. The molecule has 1 fully saturated rings. The molecular formula is C16H24BrNO2. The molecule has 0 amide bonds. The quantitative estimate of drug-likeness (QED) is 0.822. The normalized spacial score (nSPS) is 20.5. The van der Waals surface area contributed by atoms with Crippen molar-refractivity contribution in [3.05, 3.63) is 34.3 Å². The molecule has 2 rings (SSSR count). The zero-order valence-corrected chi connectivity index (χ0v) is 13.9. The molecule has 4 heteroatoms. The van der Waals surface area contributed by atoms with Crippen LogP contribution in [0.3, 0.4) is 0 Å². The highest BCUT2D eigenvalue weighted by atomic mass is 79.9. The largest absolute Gasteiger partial charge is 0.381 e. The average Bonchev–Trinajstić information content (AvgIpc) is 2.91. The monoisotopic (exact) mass is 341 g/mol. The van der Waals surface area contributed by atoms with Gasteiger partial charge in [0, 0.05) is 29.6 Å². The number of halogens is 1. The Hall–Kier alpha value is -0.420. The minimum atomic E-state index is 0.0931. The van der Waals surface area contributed by atoms with E-state index in [1.807, 2.05) is 6.07 Å². The number of hydrogen-bond acceptors (Lipinski definition) is 3. The Labute approximate surface area is 130 Å². The van der Waals surface area contributed by atoms with Crippen LogP contribution in [0.25, 0.3) is 0 Å². The molecule has 1 saturated heterocycles. The molecule has 2 unspecified atom stereocenters. The van der Waals surface area contributed by atoms with Crippen LogP contribution in [0.15, 0.2) is 28.7 Å². The van der Waals surface area contributed by atoms with Crippen molar-refractivity contribution in [3.8, 4) is 0 Å². The molecule has 0 aromatic heterocycles. The van der Waals surface area contributed by atoms with Crippen LogP contribution in [0, 0.1) is 5.92 Å². The first-order valence-corrected chi connectivity index (χ1v) is 8.12. The van der Waals surface area contributed by atoms with Gasteiger partial charge in [0.1, 0.15) is 0 Å². The molecule has 1 aromatic rings. The zero-order chi connectivity index (χ0) is 14.4. The second-order valence-corrected chi connectivity index (χ2v) is 6.59. The van der Waals surface area contributed by atoms with E-state index < -0.39 is 0 Å². The number of benzene rings is 1. The van der Waals surface area contributed by atoms with E-state index in [4.69, 9.17) is 9.47 Å². The predicted octanol–water partition coefficient (Wildman–Crippen LogP) is 3.54. The van der Waals surface area contributed by atoms with Crippen molar-refractivity contribution in [2.75, 3.05) is 26.4 Å². The van der Waals surface area contributed by atoms with Gasteiger partial charge in [-0.2, -0.15) is 0 Å². The Kier molecular flexibility index (Phi) is 6.49. The Morgan fingerprint density at radius 3 is 2.95 bits per heavy atom. The Morgan fingerprint density at radius 2 is 2.30 bits per heavy atom. The number of nitrogens with one attached hydrogen (secondary N) is 1. The fourth-order valence-electron chi connectivity index (χ4n) is 2.29. The van der Waals surface area contributed by atoms with Crippen molar-refractivity contribution in [1.82, 2.24) is 5.32 Å². The maximum atomic E-state index is 6.15. The third-order valence-corrected chi connectivity index (χ3v) is 3.98. The van der Waals surface area contributed by atoms with Crippen LogP contribution in [0.2, 0.25) is 0 Å². The Balaban J connectivity index is 1.95. The van der Waals surface area contributed by atoms with Gasteiger partial charge in [0.15, 0.2) is 0 Å². The summed E-state index contributed by atoms with van der Waals surface area (Å²) in [6.45, 7) is 7.63. The molecule has 2 atom stereocenters.